The highest BCUT2D eigenvalue weighted by atomic mass is 32.1. The number of carbonyl (C=O) groups is 3. The summed E-state index contributed by atoms with van der Waals surface area (Å²) in [5, 5.41) is 10.8. The number of pyridine rings is 1. The van der Waals surface area contributed by atoms with Gasteiger partial charge in [-0.25, -0.2) is 14.8 Å². The van der Waals surface area contributed by atoms with Crippen LogP contribution in [0.15, 0.2) is 42.3 Å². The Morgan fingerprint density at radius 1 is 1.12 bits per heavy atom. The third kappa shape index (κ3) is 9.24. The fourth-order valence-electron chi connectivity index (χ4n) is 7.69. The van der Waals surface area contributed by atoms with E-state index in [-0.39, 0.29) is 31.5 Å². The van der Waals surface area contributed by atoms with E-state index in [1.54, 1.807) is 31.4 Å². The standard InChI is InChI=1S/C40H55N6O9PS/c1-9-24-19-40(24,56(50,51)22-52-7)45-35(47)32-17-27(20-46(32)36(48)34(39(4,5)6)44-38(49)55-25-12-10-11-13-25)54-33-18-30(31-21-57-37(43-31)41-23(2)3)42-29-16-26(53-8)14-15-28(29)33/h9,14-16,18,21,23-25,27,32,34H,1,10-13,17,19-20,22H2,2-8H3,(H,41,43)(H,44,49)(H,45,47)(H,50,51)/t24-,27-,32+,34-,40+/m1/s1. The molecule has 2 saturated carbocycles. The van der Waals surface area contributed by atoms with E-state index in [0.29, 0.717) is 33.8 Å². The molecular formula is C40H55N6O9PS. The van der Waals surface area contributed by atoms with Gasteiger partial charge in [-0.3, -0.25) is 14.2 Å². The van der Waals surface area contributed by atoms with Gasteiger partial charge in [0.05, 0.1) is 24.9 Å². The van der Waals surface area contributed by atoms with E-state index in [2.05, 4.69) is 22.5 Å². The topological polar surface area (TPSA) is 191 Å². The molecule has 1 unspecified atom stereocenters. The Balaban J connectivity index is 1.34. The molecule has 0 bridgehead atoms. The first-order valence-electron chi connectivity index (χ1n) is 19.4. The molecule has 1 aromatic carbocycles. The summed E-state index contributed by atoms with van der Waals surface area (Å²) in [7, 11) is -1.19. The molecule has 4 N–H and O–H groups in total. The summed E-state index contributed by atoms with van der Waals surface area (Å²) in [5.41, 5.74) is 0.995. The van der Waals surface area contributed by atoms with Crippen LogP contribution in [0.3, 0.4) is 0 Å². The molecule has 57 heavy (non-hydrogen) atoms. The maximum Gasteiger partial charge on any atom is 0.408 e. The van der Waals surface area contributed by atoms with Gasteiger partial charge >= 0.3 is 6.09 Å². The number of anilines is 1. The van der Waals surface area contributed by atoms with E-state index in [0.717, 1.165) is 30.8 Å². The van der Waals surface area contributed by atoms with Crippen LogP contribution in [0.2, 0.25) is 0 Å². The zero-order valence-corrected chi connectivity index (χ0v) is 35.4. The summed E-state index contributed by atoms with van der Waals surface area (Å²) in [6, 6.07) is 5.21. The van der Waals surface area contributed by atoms with Crippen LogP contribution >= 0.6 is 18.7 Å². The highest BCUT2D eigenvalue weighted by Crippen LogP contribution is 2.69. The second kappa shape index (κ2) is 16.9. The van der Waals surface area contributed by atoms with E-state index >= 15 is 0 Å². The van der Waals surface area contributed by atoms with Gasteiger partial charge in [0.15, 0.2) is 5.13 Å². The number of nitrogens with zero attached hydrogens (tertiary/aromatic N) is 3. The molecule has 3 aromatic rings. The lowest BCUT2D eigenvalue weighted by Crippen LogP contribution is -2.58. The van der Waals surface area contributed by atoms with Gasteiger partial charge in [-0.15, -0.1) is 17.9 Å². The lowest BCUT2D eigenvalue weighted by Gasteiger charge is -2.35. The maximum atomic E-state index is 14.7. The molecule has 3 aliphatic rings. The number of fused-ring (bicyclic) bond motifs is 1. The number of methoxy groups -OCH3 is 2. The van der Waals surface area contributed by atoms with Crippen molar-refractivity contribution < 1.29 is 42.8 Å². The molecule has 310 valence electrons. The molecule has 3 heterocycles. The summed E-state index contributed by atoms with van der Waals surface area (Å²) in [6.07, 6.45) is 3.14. The number of ether oxygens (including phenoxy) is 4. The molecule has 1 saturated heterocycles. The van der Waals surface area contributed by atoms with Crippen molar-refractivity contribution >= 4 is 52.6 Å². The molecule has 17 heteroatoms. The van der Waals surface area contributed by atoms with Crippen molar-refractivity contribution in [1.82, 2.24) is 25.5 Å². The van der Waals surface area contributed by atoms with Gasteiger partial charge in [0, 0.05) is 48.4 Å². The predicted molar refractivity (Wildman–Crippen MR) is 219 cm³/mol. The summed E-state index contributed by atoms with van der Waals surface area (Å²) in [6.45, 7) is 13.3. The van der Waals surface area contributed by atoms with E-state index in [4.69, 9.17) is 28.9 Å². The Morgan fingerprint density at radius 3 is 2.49 bits per heavy atom. The number of rotatable bonds is 15. The van der Waals surface area contributed by atoms with Crippen molar-refractivity contribution in [2.75, 3.05) is 32.4 Å². The van der Waals surface area contributed by atoms with Crippen LogP contribution in [0.25, 0.3) is 22.3 Å². The number of thiazole rings is 1. The fraction of sp³-hybridized carbons (Fsp3) is 0.575. The van der Waals surface area contributed by atoms with Gasteiger partial charge < -0.3 is 44.7 Å². The van der Waals surface area contributed by atoms with Crippen LogP contribution in [-0.4, -0.2) is 100 Å². The van der Waals surface area contributed by atoms with Gasteiger partial charge in [0.1, 0.15) is 53.1 Å². The summed E-state index contributed by atoms with van der Waals surface area (Å²) >= 11 is 1.46. The van der Waals surface area contributed by atoms with E-state index < -0.39 is 66.4 Å². The van der Waals surface area contributed by atoms with Crippen molar-refractivity contribution in [3.05, 3.63) is 42.3 Å². The molecule has 3 amide bonds. The van der Waals surface area contributed by atoms with Gasteiger partial charge in [-0.1, -0.05) is 26.8 Å². The number of hydrogen-bond donors (Lipinski definition) is 4. The number of aromatic nitrogens is 2. The average molecular weight is 827 g/mol. The normalized spacial score (nSPS) is 23.8. The third-order valence-electron chi connectivity index (χ3n) is 10.8. The van der Waals surface area contributed by atoms with Gasteiger partial charge in [0.2, 0.25) is 11.8 Å². The monoisotopic (exact) mass is 826 g/mol. The van der Waals surface area contributed by atoms with Crippen LogP contribution in [0.4, 0.5) is 9.93 Å². The number of amides is 3. The average Bonchev–Trinajstić information content (AvgIpc) is 3.55. The third-order valence-corrected chi connectivity index (χ3v) is 14.0. The van der Waals surface area contributed by atoms with Crippen molar-refractivity contribution in [2.45, 2.75) is 109 Å². The van der Waals surface area contributed by atoms with Crippen LogP contribution in [-0.2, 0) is 23.6 Å². The van der Waals surface area contributed by atoms with Crippen molar-refractivity contribution in [3.63, 3.8) is 0 Å². The molecule has 3 fully saturated rings. The van der Waals surface area contributed by atoms with E-state index in [1.165, 1.54) is 23.3 Å². The van der Waals surface area contributed by atoms with Crippen molar-refractivity contribution in [1.29, 1.82) is 0 Å². The minimum Gasteiger partial charge on any atom is -0.497 e. The molecule has 15 nitrogen and oxygen atoms in total. The first kappa shape index (κ1) is 42.4. The molecular weight excluding hydrogens is 772 g/mol. The number of nitrogens with one attached hydrogen (secondary N) is 3. The summed E-state index contributed by atoms with van der Waals surface area (Å²) in [4.78, 5) is 64.5. The van der Waals surface area contributed by atoms with Gasteiger partial charge in [-0.2, -0.15) is 0 Å². The molecule has 6 rings (SSSR count). The molecule has 0 radical (unpaired) electrons. The van der Waals surface area contributed by atoms with Crippen LogP contribution in [0, 0.1) is 11.3 Å². The zero-order chi connectivity index (χ0) is 41.3. The Morgan fingerprint density at radius 2 is 1.86 bits per heavy atom. The van der Waals surface area contributed by atoms with E-state index in [1.807, 2.05) is 46.1 Å². The van der Waals surface area contributed by atoms with Crippen LogP contribution < -0.4 is 25.4 Å². The van der Waals surface area contributed by atoms with Crippen LogP contribution in [0.5, 0.6) is 11.5 Å². The van der Waals surface area contributed by atoms with Crippen LogP contribution in [0.1, 0.15) is 73.1 Å². The lowest BCUT2D eigenvalue weighted by atomic mass is 9.85. The zero-order valence-electron chi connectivity index (χ0n) is 33.7. The predicted octanol–water partition coefficient (Wildman–Crippen LogP) is 6.51. The highest BCUT2D eigenvalue weighted by Gasteiger charge is 2.66. The number of alkyl carbamates (subject to hydrolysis) is 1. The van der Waals surface area contributed by atoms with Gasteiger partial charge in [-0.05, 0) is 63.5 Å². The Labute approximate surface area is 337 Å². The smallest absolute Gasteiger partial charge is 0.408 e. The Bertz CT molecular complexity index is 2030. The largest absolute Gasteiger partial charge is 0.497 e. The van der Waals surface area contributed by atoms with Crippen molar-refractivity contribution in [3.8, 4) is 22.9 Å². The first-order valence-corrected chi connectivity index (χ1v) is 22.1. The maximum absolute atomic E-state index is 14.7. The SMILES string of the molecule is C=C[C@@H]1C[C@]1(NC(=O)[C@@H]1C[C@@H](Oc2cc(-c3csc(NC(C)C)n3)nc3cc(OC)ccc23)CN1C(=O)[C@@H](NC(=O)OC1CCCC1)C(C)(C)C)P(=O)(O)COC. The van der Waals surface area contributed by atoms with Gasteiger partial charge in [0.25, 0.3) is 7.37 Å². The lowest BCUT2D eigenvalue weighted by molar-refractivity contribution is -0.142. The number of carbonyl (C=O) groups excluding carboxylic acids is 3. The molecule has 1 aliphatic heterocycles. The van der Waals surface area contributed by atoms with Crippen molar-refractivity contribution in [2.24, 2.45) is 11.3 Å². The quantitative estimate of drug-likeness (QED) is 0.0962. The second-order valence-corrected chi connectivity index (χ2v) is 19.9. The number of likely N-dealkylation sites (tertiary alicyclic amines) is 1. The molecule has 6 atom stereocenters. The Kier molecular flexibility index (Phi) is 12.6. The Hall–Kier alpha value is -4.24. The number of benzene rings is 1. The van der Waals surface area contributed by atoms with E-state index in [9.17, 15) is 23.8 Å². The minimum absolute atomic E-state index is 0.0238. The molecule has 0 spiro atoms. The molecule has 2 aliphatic carbocycles. The fourth-order valence-corrected chi connectivity index (χ4v) is 10.5. The minimum atomic E-state index is -4.08. The first-order chi connectivity index (χ1) is 27.0. The second-order valence-electron chi connectivity index (χ2n) is 16.5. The summed E-state index contributed by atoms with van der Waals surface area (Å²) in [5.74, 6) is -0.549. The molecule has 2 aromatic heterocycles. The summed E-state index contributed by atoms with van der Waals surface area (Å²) < 4.78 is 36.6. The number of hydrogen-bond acceptors (Lipinski definition) is 12. The highest BCUT2D eigenvalue weighted by molar-refractivity contribution is 7.60.